The zero-order chi connectivity index (χ0) is 18.0. The van der Waals surface area contributed by atoms with Crippen LogP contribution in [0.5, 0.6) is 5.75 Å². The van der Waals surface area contributed by atoms with Crippen molar-refractivity contribution in [1.82, 2.24) is 4.98 Å². The van der Waals surface area contributed by atoms with Gasteiger partial charge in [0, 0.05) is 17.3 Å². The summed E-state index contributed by atoms with van der Waals surface area (Å²) in [6.07, 6.45) is 1.81. The number of carboxylic acid groups (broad SMARTS) is 1. The van der Waals surface area contributed by atoms with Gasteiger partial charge in [-0.25, -0.2) is 4.79 Å². The highest BCUT2D eigenvalue weighted by atomic mass is 32.2. The second-order valence-electron chi connectivity index (χ2n) is 6.10. The average molecular weight is 377 g/mol. The van der Waals surface area contributed by atoms with Crippen molar-refractivity contribution in [2.75, 3.05) is 6.61 Å². The number of rotatable bonds is 6. The molecule has 0 radical (unpaired) electrons. The van der Waals surface area contributed by atoms with E-state index < -0.39 is 16.9 Å². The van der Waals surface area contributed by atoms with Gasteiger partial charge < -0.3 is 9.84 Å². The van der Waals surface area contributed by atoms with E-state index in [2.05, 4.69) is 23.8 Å². The number of allylic oxidation sites excluding steroid dienone is 1. The molecule has 1 aliphatic heterocycles. The minimum absolute atomic E-state index is 0.390. The molecule has 1 aromatic carbocycles. The molecular weight excluding hydrogens is 356 g/mol. The van der Waals surface area contributed by atoms with Crippen LogP contribution in [0.3, 0.4) is 0 Å². The fraction of sp³-hybridized carbons (Fsp3) is 0.278. The molecule has 0 fully saturated rings. The molecule has 2 heterocycles. The maximum Gasteiger partial charge on any atom is 0.342 e. The summed E-state index contributed by atoms with van der Waals surface area (Å²) in [6, 6.07) is 5.89. The van der Waals surface area contributed by atoms with Crippen LogP contribution in [0, 0.1) is 5.92 Å². The van der Waals surface area contributed by atoms with Gasteiger partial charge in [0.25, 0.3) is 0 Å². The van der Waals surface area contributed by atoms with E-state index in [1.807, 2.05) is 18.2 Å². The second kappa shape index (κ2) is 7.41. The van der Waals surface area contributed by atoms with E-state index in [4.69, 9.17) is 4.74 Å². The largest absolute Gasteiger partial charge is 0.493 e. The van der Waals surface area contributed by atoms with Crippen molar-refractivity contribution in [3.05, 3.63) is 40.5 Å². The Balaban J connectivity index is 2.02. The van der Waals surface area contributed by atoms with Crippen molar-refractivity contribution >= 4 is 33.7 Å². The number of carboxylic acids is 1. The topological polar surface area (TPSA) is 71.8 Å². The van der Waals surface area contributed by atoms with E-state index in [9.17, 15) is 9.90 Å². The molecule has 0 saturated heterocycles. The van der Waals surface area contributed by atoms with Crippen LogP contribution in [-0.4, -0.2) is 28.2 Å². The third-order valence-corrected chi connectivity index (χ3v) is 6.65. The SMILES string of the molecule is CC1=C(C(=O)O)[SH](c2ccc(OCC(C)C)c(-c3cncs3)c2)C=N1. The molecule has 7 heteroatoms. The van der Waals surface area contributed by atoms with Gasteiger partial charge in [-0.05, 0) is 35.9 Å². The number of nitrogens with zero attached hydrogens (tertiary/aromatic N) is 2. The van der Waals surface area contributed by atoms with Crippen LogP contribution < -0.4 is 4.74 Å². The van der Waals surface area contributed by atoms with E-state index in [0.29, 0.717) is 23.1 Å². The summed E-state index contributed by atoms with van der Waals surface area (Å²) in [5, 5.41) is 9.51. The van der Waals surface area contributed by atoms with Crippen LogP contribution >= 0.6 is 22.2 Å². The molecule has 2 aromatic rings. The highest BCUT2D eigenvalue weighted by molar-refractivity contribution is 8.32. The maximum atomic E-state index is 11.6. The minimum Gasteiger partial charge on any atom is -0.493 e. The predicted octanol–water partition coefficient (Wildman–Crippen LogP) is 4.56. The van der Waals surface area contributed by atoms with Crippen molar-refractivity contribution in [3.63, 3.8) is 0 Å². The molecule has 1 N–H and O–H groups in total. The van der Waals surface area contributed by atoms with Crippen LogP contribution in [0.4, 0.5) is 0 Å². The molecule has 3 rings (SSSR count). The highest BCUT2D eigenvalue weighted by Crippen LogP contribution is 2.49. The lowest BCUT2D eigenvalue weighted by Crippen LogP contribution is -2.06. The van der Waals surface area contributed by atoms with Crippen molar-refractivity contribution in [3.8, 4) is 16.2 Å². The second-order valence-corrected chi connectivity index (χ2v) is 8.93. The van der Waals surface area contributed by atoms with Gasteiger partial charge in [0.2, 0.25) is 0 Å². The number of hydrogen-bond acceptors (Lipinski definition) is 5. The van der Waals surface area contributed by atoms with Gasteiger partial charge in [-0.15, -0.1) is 11.3 Å². The zero-order valence-electron chi connectivity index (χ0n) is 14.3. The summed E-state index contributed by atoms with van der Waals surface area (Å²) in [6.45, 7) is 6.57. The molecule has 0 amide bonds. The van der Waals surface area contributed by atoms with Crippen LogP contribution in [0.15, 0.2) is 50.4 Å². The molecule has 1 aliphatic rings. The summed E-state index contributed by atoms with van der Waals surface area (Å²) >= 11 is 1.54. The average Bonchev–Trinajstić information content (AvgIpc) is 3.22. The number of benzene rings is 1. The fourth-order valence-electron chi connectivity index (χ4n) is 2.48. The number of aromatic nitrogens is 1. The third kappa shape index (κ3) is 3.77. The number of hydrogen-bond donors (Lipinski definition) is 2. The highest BCUT2D eigenvalue weighted by Gasteiger charge is 2.25. The molecular formula is C18H20N2O3S2. The van der Waals surface area contributed by atoms with Gasteiger partial charge in [0.15, 0.2) is 0 Å². The molecule has 0 aliphatic carbocycles. The molecule has 1 aromatic heterocycles. The first-order valence-corrected chi connectivity index (χ1v) is 10.2. The van der Waals surface area contributed by atoms with Gasteiger partial charge in [0.1, 0.15) is 10.7 Å². The summed E-state index contributed by atoms with van der Waals surface area (Å²) in [4.78, 5) is 22.3. The molecule has 25 heavy (non-hydrogen) atoms. The van der Waals surface area contributed by atoms with E-state index in [1.54, 1.807) is 24.2 Å². The van der Waals surface area contributed by atoms with Crippen molar-refractivity contribution < 1.29 is 14.6 Å². The van der Waals surface area contributed by atoms with E-state index in [1.165, 1.54) is 11.3 Å². The molecule has 0 saturated carbocycles. The predicted molar refractivity (Wildman–Crippen MR) is 104 cm³/mol. The zero-order valence-corrected chi connectivity index (χ0v) is 16.0. The van der Waals surface area contributed by atoms with E-state index >= 15 is 0 Å². The van der Waals surface area contributed by atoms with E-state index in [0.717, 1.165) is 21.1 Å². The Bertz CT molecular complexity index is 842. The minimum atomic E-state index is -1.09. The first-order chi connectivity index (χ1) is 12.0. The van der Waals surface area contributed by atoms with Gasteiger partial charge in [0.05, 0.1) is 22.7 Å². The van der Waals surface area contributed by atoms with Crippen LogP contribution in [0.1, 0.15) is 20.8 Å². The van der Waals surface area contributed by atoms with Gasteiger partial charge in [-0.2, -0.15) is 10.9 Å². The summed E-state index contributed by atoms with van der Waals surface area (Å²) in [7, 11) is -1.09. The molecule has 0 bridgehead atoms. The Kier molecular flexibility index (Phi) is 5.24. The Morgan fingerprint density at radius 2 is 2.20 bits per heavy atom. The van der Waals surface area contributed by atoms with E-state index in [-0.39, 0.29) is 0 Å². The Morgan fingerprint density at radius 1 is 1.40 bits per heavy atom. The monoisotopic (exact) mass is 376 g/mol. The Morgan fingerprint density at radius 3 is 2.84 bits per heavy atom. The number of thiazole rings is 1. The van der Waals surface area contributed by atoms with Crippen LogP contribution in [0.25, 0.3) is 10.4 Å². The van der Waals surface area contributed by atoms with Gasteiger partial charge >= 0.3 is 5.97 Å². The molecule has 1 unspecified atom stereocenters. The first-order valence-electron chi connectivity index (χ1n) is 7.90. The summed E-state index contributed by atoms with van der Waals surface area (Å²) in [5.41, 5.74) is 5.07. The number of carbonyl (C=O) groups is 1. The lowest BCUT2D eigenvalue weighted by molar-refractivity contribution is -0.131. The number of thiol groups is 1. The lowest BCUT2D eigenvalue weighted by atomic mass is 10.1. The molecule has 0 spiro atoms. The maximum absolute atomic E-state index is 11.6. The Hall–Kier alpha value is -2.12. The smallest absolute Gasteiger partial charge is 0.342 e. The number of aliphatic imine (C=N–C) groups is 1. The molecule has 132 valence electrons. The van der Waals surface area contributed by atoms with Gasteiger partial charge in [-0.3, -0.25) is 9.98 Å². The van der Waals surface area contributed by atoms with Crippen molar-refractivity contribution in [2.24, 2.45) is 10.9 Å². The molecule has 5 nitrogen and oxygen atoms in total. The number of aliphatic carboxylic acids is 1. The summed E-state index contributed by atoms with van der Waals surface area (Å²) < 4.78 is 5.96. The number of ether oxygens (including phenoxy) is 1. The van der Waals surface area contributed by atoms with Crippen LogP contribution in [0.2, 0.25) is 0 Å². The lowest BCUT2D eigenvalue weighted by Gasteiger charge is -2.18. The Labute approximate surface area is 153 Å². The normalized spacial score (nSPS) is 18.2. The molecule has 1 atom stereocenters. The fourth-order valence-corrected chi connectivity index (χ4v) is 5.04. The quantitative estimate of drug-likeness (QED) is 0.725. The first kappa shape index (κ1) is 17.7. The summed E-state index contributed by atoms with van der Waals surface area (Å²) in [5.74, 6) is 0.315. The van der Waals surface area contributed by atoms with Crippen molar-refractivity contribution in [2.45, 2.75) is 25.7 Å². The standard InChI is InChI=1S/C18H20N2O3S2/c1-11(2)8-23-15-5-4-13(6-14(15)16-7-19-9-24-16)25-10-20-12(3)17(25)18(21)22/h4-7,9-11,25H,8H2,1-3H3,(H,21,22). The van der Waals surface area contributed by atoms with Gasteiger partial charge in [-0.1, -0.05) is 13.8 Å². The van der Waals surface area contributed by atoms with Crippen LogP contribution in [-0.2, 0) is 4.79 Å². The third-order valence-electron chi connectivity index (χ3n) is 3.66. The van der Waals surface area contributed by atoms with Crippen molar-refractivity contribution in [1.29, 1.82) is 0 Å².